The average Bonchev–Trinajstić information content (AvgIpc) is 2.62. The molecule has 0 saturated heterocycles. The van der Waals surface area contributed by atoms with Gasteiger partial charge in [-0.05, 0) is 24.6 Å². The molecule has 6 heteroatoms. The molecular weight excluding hydrogens is 339 g/mol. The number of benzene rings is 2. The number of halogens is 2. The van der Waals surface area contributed by atoms with Crippen LogP contribution in [0.2, 0.25) is 5.02 Å². The molecule has 0 spiro atoms. The van der Waals surface area contributed by atoms with E-state index in [9.17, 15) is 4.39 Å². The van der Waals surface area contributed by atoms with E-state index in [2.05, 4.69) is 15.3 Å². The van der Waals surface area contributed by atoms with Crippen molar-refractivity contribution in [3.8, 4) is 11.3 Å². The van der Waals surface area contributed by atoms with Crippen molar-refractivity contribution >= 4 is 17.4 Å². The van der Waals surface area contributed by atoms with Gasteiger partial charge in [-0.3, -0.25) is 0 Å². The van der Waals surface area contributed by atoms with Crippen molar-refractivity contribution in [3.63, 3.8) is 0 Å². The van der Waals surface area contributed by atoms with E-state index in [-0.39, 0.29) is 5.82 Å². The van der Waals surface area contributed by atoms with Crippen molar-refractivity contribution in [2.45, 2.75) is 13.0 Å². The third kappa shape index (κ3) is 4.13. The quantitative estimate of drug-likeness (QED) is 0.713. The van der Waals surface area contributed by atoms with Crippen LogP contribution in [0.3, 0.4) is 0 Å². The van der Waals surface area contributed by atoms with Gasteiger partial charge in [-0.15, -0.1) is 0 Å². The van der Waals surface area contributed by atoms with Gasteiger partial charge in [0.1, 0.15) is 18.0 Å². The minimum Gasteiger partial charge on any atom is -0.368 e. The lowest BCUT2D eigenvalue weighted by molar-refractivity contribution is 0.588. The maximum absolute atomic E-state index is 13.8. The number of nitrogens with zero attached hydrogens (tertiary/aromatic N) is 2. The van der Waals surface area contributed by atoms with Crippen molar-refractivity contribution < 1.29 is 4.39 Å². The zero-order valence-corrected chi connectivity index (χ0v) is 14.5. The highest BCUT2D eigenvalue weighted by Gasteiger charge is 2.11. The highest BCUT2D eigenvalue weighted by molar-refractivity contribution is 6.31. The monoisotopic (exact) mass is 356 g/mol. The number of nitrogens with two attached hydrogens (primary N) is 1. The molecule has 0 amide bonds. The van der Waals surface area contributed by atoms with E-state index in [4.69, 9.17) is 17.3 Å². The molecule has 3 N–H and O–H groups in total. The minimum atomic E-state index is -0.478. The van der Waals surface area contributed by atoms with Gasteiger partial charge in [0.05, 0.1) is 5.69 Å². The molecule has 2 aromatic carbocycles. The summed E-state index contributed by atoms with van der Waals surface area (Å²) in [6, 6.07) is 13.6. The van der Waals surface area contributed by atoms with Gasteiger partial charge in [-0.1, -0.05) is 41.9 Å². The zero-order chi connectivity index (χ0) is 17.8. The summed E-state index contributed by atoms with van der Waals surface area (Å²) in [5, 5.41) is 3.82. The Morgan fingerprint density at radius 3 is 2.72 bits per heavy atom. The van der Waals surface area contributed by atoms with Crippen molar-refractivity contribution in [1.82, 2.24) is 9.97 Å². The van der Waals surface area contributed by atoms with Crippen molar-refractivity contribution in [2.24, 2.45) is 5.73 Å². The van der Waals surface area contributed by atoms with Crippen LogP contribution in [-0.2, 0) is 0 Å². The Morgan fingerprint density at radius 1 is 1.16 bits per heavy atom. The van der Waals surface area contributed by atoms with E-state index in [0.717, 1.165) is 16.8 Å². The van der Waals surface area contributed by atoms with Gasteiger partial charge >= 0.3 is 0 Å². The van der Waals surface area contributed by atoms with Crippen molar-refractivity contribution in [1.29, 1.82) is 0 Å². The maximum Gasteiger partial charge on any atom is 0.130 e. The molecule has 0 aliphatic carbocycles. The second kappa shape index (κ2) is 7.59. The Bertz CT molecular complexity index is 885. The molecule has 25 heavy (non-hydrogen) atoms. The number of rotatable bonds is 5. The molecule has 0 aliphatic rings. The Hall–Kier alpha value is -2.50. The van der Waals surface area contributed by atoms with E-state index in [0.29, 0.717) is 22.9 Å². The van der Waals surface area contributed by atoms with E-state index in [1.165, 1.54) is 12.4 Å². The second-order valence-corrected chi connectivity index (χ2v) is 6.17. The van der Waals surface area contributed by atoms with Gasteiger partial charge in [0.15, 0.2) is 0 Å². The summed E-state index contributed by atoms with van der Waals surface area (Å²) in [6.45, 7) is 2.30. The van der Waals surface area contributed by atoms with Gasteiger partial charge in [0, 0.05) is 34.8 Å². The van der Waals surface area contributed by atoms with Gasteiger partial charge in [0.25, 0.3) is 0 Å². The van der Waals surface area contributed by atoms with Crippen LogP contribution in [0.1, 0.15) is 17.2 Å². The van der Waals surface area contributed by atoms with Crippen LogP contribution in [0.25, 0.3) is 11.3 Å². The van der Waals surface area contributed by atoms with Crippen LogP contribution in [0.4, 0.5) is 10.2 Å². The molecule has 3 rings (SSSR count). The first kappa shape index (κ1) is 17.3. The van der Waals surface area contributed by atoms with Crippen LogP contribution in [0.5, 0.6) is 0 Å². The lowest BCUT2D eigenvalue weighted by atomic mass is 10.1. The van der Waals surface area contributed by atoms with E-state index in [1.54, 1.807) is 18.2 Å². The normalized spacial score (nSPS) is 12.0. The molecule has 1 unspecified atom stereocenters. The van der Waals surface area contributed by atoms with Crippen molar-refractivity contribution in [3.05, 3.63) is 76.8 Å². The number of anilines is 1. The fourth-order valence-corrected chi connectivity index (χ4v) is 2.64. The number of aromatic nitrogens is 2. The molecule has 0 aliphatic heterocycles. The fraction of sp³-hybridized carbons (Fsp3) is 0.158. The summed E-state index contributed by atoms with van der Waals surface area (Å²) in [6.07, 6.45) is 1.47. The lowest BCUT2D eigenvalue weighted by Crippen LogP contribution is -2.22. The van der Waals surface area contributed by atoms with Gasteiger partial charge in [0.2, 0.25) is 0 Å². The summed E-state index contributed by atoms with van der Waals surface area (Å²) >= 11 is 6.18. The number of aryl methyl sites for hydroxylation is 1. The predicted molar refractivity (Wildman–Crippen MR) is 99.0 cm³/mol. The first-order chi connectivity index (χ1) is 12.0. The average molecular weight is 357 g/mol. The first-order valence-corrected chi connectivity index (χ1v) is 8.25. The zero-order valence-electron chi connectivity index (χ0n) is 13.7. The van der Waals surface area contributed by atoms with Crippen LogP contribution in [0, 0.1) is 12.7 Å². The van der Waals surface area contributed by atoms with E-state index in [1.807, 2.05) is 31.2 Å². The van der Waals surface area contributed by atoms with Gasteiger partial charge < -0.3 is 11.1 Å². The minimum absolute atomic E-state index is 0.311. The third-order valence-corrected chi connectivity index (χ3v) is 4.35. The molecule has 1 aromatic heterocycles. The molecule has 1 heterocycles. The van der Waals surface area contributed by atoms with Gasteiger partial charge in [-0.2, -0.15) is 0 Å². The molecule has 0 bridgehead atoms. The van der Waals surface area contributed by atoms with Crippen molar-refractivity contribution in [2.75, 3.05) is 11.9 Å². The summed E-state index contributed by atoms with van der Waals surface area (Å²) in [5.41, 5.74) is 9.19. The molecular formula is C19H18ClFN4. The predicted octanol–water partition coefficient (Wildman–Crippen LogP) is 4.36. The summed E-state index contributed by atoms with van der Waals surface area (Å²) in [5.74, 6) is 0.308. The fourth-order valence-electron chi connectivity index (χ4n) is 2.46. The molecule has 4 nitrogen and oxygen atoms in total. The molecule has 1 atom stereocenters. The number of hydrogen-bond acceptors (Lipinski definition) is 4. The smallest absolute Gasteiger partial charge is 0.130 e. The highest BCUT2D eigenvalue weighted by atomic mass is 35.5. The van der Waals surface area contributed by atoms with Crippen LogP contribution in [-0.4, -0.2) is 16.5 Å². The lowest BCUT2D eigenvalue weighted by Gasteiger charge is -2.14. The van der Waals surface area contributed by atoms with E-state index < -0.39 is 6.04 Å². The Kier molecular flexibility index (Phi) is 5.26. The Morgan fingerprint density at radius 2 is 1.96 bits per heavy atom. The second-order valence-electron chi connectivity index (χ2n) is 5.76. The van der Waals surface area contributed by atoms with Crippen LogP contribution < -0.4 is 11.1 Å². The molecule has 0 saturated carbocycles. The first-order valence-electron chi connectivity index (χ1n) is 7.87. The molecule has 128 valence electrons. The van der Waals surface area contributed by atoms with Crippen LogP contribution in [0.15, 0.2) is 54.9 Å². The van der Waals surface area contributed by atoms with Crippen LogP contribution >= 0.6 is 11.6 Å². The summed E-state index contributed by atoms with van der Waals surface area (Å²) < 4.78 is 13.8. The van der Waals surface area contributed by atoms with Gasteiger partial charge in [-0.25, -0.2) is 14.4 Å². The number of nitrogens with one attached hydrogen (secondary N) is 1. The van der Waals surface area contributed by atoms with E-state index >= 15 is 0 Å². The summed E-state index contributed by atoms with van der Waals surface area (Å²) in [4.78, 5) is 8.47. The largest absolute Gasteiger partial charge is 0.368 e. The SMILES string of the molecule is Cc1ccc(-c2cc(NCC(N)c3ccccc3F)ncn2)cc1Cl. The maximum atomic E-state index is 13.8. The topological polar surface area (TPSA) is 63.8 Å². The molecule has 3 aromatic rings. The molecule has 0 radical (unpaired) electrons. The number of hydrogen-bond donors (Lipinski definition) is 2. The molecule has 0 fully saturated rings. The summed E-state index contributed by atoms with van der Waals surface area (Å²) in [7, 11) is 0. The highest BCUT2D eigenvalue weighted by Crippen LogP contribution is 2.25. The third-order valence-electron chi connectivity index (χ3n) is 3.94. The Labute approximate surface area is 150 Å². The standard InChI is InChI=1S/C19H18ClFN4/c1-12-6-7-13(8-15(12)20)18-9-19(25-11-24-18)23-10-17(22)14-4-2-3-5-16(14)21/h2-9,11,17H,10,22H2,1H3,(H,23,24,25). The Balaban J connectivity index is 1.74.